The summed E-state index contributed by atoms with van der Waals surface area (Å²) in [5.41, 5.74) is 2.01. The lowest BCUT2D eigenvalue weighted by Gasteiger charge is -2.31. The van der Waals surface area contributed by atoms with Crippen molar-refractivity contribution in [3.63, 3.8) is 0 Å². The summed E-state index contributed by atoms with van der Waals surface area (Å²) in [4.78, 5) is 22.3. The predicted molar refractivity (Wildman–Crippen MR) is 97.0 cm³/mol. The summed E-state index contributed by atoms with van der Waals surface area (Å²) in [6, 6.07) is 2.46. The number of carbonyl (C=O) groups is 1. The van der Waals surface area contributed by atoms with Crippen LogP contribution in [0.3, 0.4) is 0 Å². The molecule has 0 aromatic carbocycles. The molecule has 2 aromatic rings. The zero-order valence-corrected chi connectivity index (χ0v) is 16.0. The van der Waals surface area contributed by atoms with Gasteiger partial charge in [-0.1, -0.05) is 0 Å². The van der Waals surface area contributed by atoms with Gasteiger partial charge in [-0.15, -0.1) is 0 Å². The fraction of sp³-hybridized carbons (Fsp3) is 0.474. The maximum atomic E-state index is 12.9. The van der Waals surface area contributed by atoms with Crippen LogP contribution in [-0.2, 0) is 6.18 Å². The van der Waals surface area contributed by atoms with Crippen molar-refractivity contribution in [1.82, 2.24) is 9.88 Å². The SMILES string of the molecule is Cc1[nH]c(C(=O)N2CCN(c3ccc(C(F)(F)F)c[nH+]3)CC2)c(C)c1[C@H](C)O. The van der Waals surface area contributed by atoms with Crippen LogP contribution in [0.1, 0.15) is 45.9 Å². The number of halogens is 3. The molecule has 0 bridgehead atoms. The molecule has 1 aliphatic rings. The Labute approximate surface area is 161 Å². The minimum Gasteiger partial charge on any atom is -0.389 e. The van der Waals surface area contributed by atoms with Gasteiger partial charge in [0.2, 0.25) is 0 Å². The number of aliphatic hydroxyl groups excluding tert-OH is 1. The van der Waals surface area contributed by atoms with Crippen LogP contribution in [-0.4, -0.2) is 47.1 Å². The predicted octanol–water partition coefficient (Wildman–Crippen LogP) is 2.48. The summed E-state index contributed by atoms with van der Waals surface area (Å²) >= 11 is 0. The summed E-state index contributed by atoms with van der Waals surface area (Å²) < 4.78 is 38.0. The van der Waals surface area contributed by atoms with Crippen molar-refractivity contribution in [2.24, 2.45) is 0 Å². The maximum Gasteiger partial charge on any atom is 0.419 e. The molecule has 0 radical (unpaired) electrons. The number of hydrogen-bond donors (Lipinski definition) is 2. The van der Waals surface area contributed by atoms with Gasteiger partial charge in [0.15, 0.2) is 0 Å². The lowest BCUT2D eigenvalue weighted by Crippen LogP contribution is -2.50. The van der Waals surface area contributed by atoms with Crippen molar-refractivity contribution in [3.05, 3.63) is 46.4 Å². The molecule has 6 nitrogen and oxygen atoms in total. The van der Waals surface area contributed by atoms with E-state index in [0.717, 1.165) is 29.1 Å². The summed E-state index contributed by atoms with van der Waals surface area (Å²) in [5.74, 6) is 0.451. The van der Waals surface area contributed by atoms with Gasteiger partial charge in [-0.05, 0) is 32.4 Å². The second kappa shape index (κ2) is 7.46. The number of rotatable bonds is 3. The highest BCUT2D eigenvalue weighted by Crippen LogP contribution is 2.29. The molecule has 9 heteroatoms. The fourth-order valence-electron chi connectivity index (χ4n) is 3.70. The standard InChI is InChI=1S/C19H23F3N4O2/c1-11-16(13(3)27)12(2)24-17(11)18(28)26-8-6-25(7-9-26)15-5-4-14(10-23-15)19(20,21)22/h4-5,10,13,24,27H,6-9H2,1-3H3/p+1/t13-/m0/s1. The van der Waals surface area contributed by atoms with Gasteiger partial charge in [0.05, 0.1) is 24.8 Å². The van der Waals surface area contributed by atoms with Crippen molar-refractivity contribution in [2.45, 2.75) is 33.1 Å². The lowest BCUT2D eigenvalue weighted by atomic mass is 10.1. The third kappa shape index (κ3) is 3.84. The number of aromatic nitrogens is 2. The highest BCUT2D eigenvalue weighted by atomic mass is 19.4. The Hall–Kier alpha value is -2.55. The molecule has 0 aliphatic carbocycles. The molecule has 152 valence electrons. The van der Waals surface area contributed by atoms with Crippen LogP contribution in [0.25, 0.3) is 0 Å². The molecule has 0 spiro atoms. The van der Waals surface area contributed by atoms with E-state index in [9.17, 15) is 23.1 Å². The molecule has 1 amide bonds. The minimum atomic E-state index is -4.38. The number of piperazine rings is 1. The second-order valence-corrected chi connectivity index (χ2v) is 7.08. The summed E-state index contributed by atoms with van der Waals surface area (Å²) in [5, 5.41) is 9.90. The minimum absolute atomic E-state index is 0.136. The number of aryl methyl sites for hydroxylation is 1. The first-order valence-corrected chi connectivity index (χ1v) is 9.10. The van der Waals surface area contributed by atoms with Gasteiger partial charge in [0.25, 0.3) is 11.7 Å². The first-order chi connectivity index (χ1) is 13.1. The monoisotopic (exact) mass is 397 g/mol. The molecule has 2 aromatic heterocycles. The van der Waals surface area contributed by atoms with E-state index in [1.54, 1.807) is 11.8 Å². The van der Waals surface area contributed by atoms with Crippen molar-refractivity contribution in [1.29, 1.82) is 0 Å². The normalized spacial score (nSPS) is 16.4. The molecule has 0 saturated carbocycles. The van der Waals surface area contributed by atoms with E-state index >= 15 is 0 Å². The third-order valence-corrected chi connectivity index (χ3v) is 5.16. The Bertz CT molecular complexity index is 851. The van der Waals surface area contributed by atoms with E-state index in [0.29, 0.717) is 37.7 Å². The molecule has 1 saturated heterocycles. The highest BCUT2D eigenvalue weighted by molar-refractivity contribution is 5.94. The van der Waals surface area contributed by atoms with E-state index in [2.05, 4.69) is 9.97 Å². The molecule has 3 heterocycles. The Morgan fingerprint density at radius 1 is 1.21 bits per heavy atom. The first-order valence-electron chi connectivity index (χ1n) is 9.10. The van der Waals surface area contributed by atoms with Gasteiger partial charge in [-0.2, -0.15) is 13.2 Å². The highest BCUT2D eigenvalue weighted by Gasteiger charge is 2.33. The smallest absolute Gasteiger partial charge is 0.389 e. The van der Waals surface area contributed by atoms with Gasteiger partial charge >= 0.3 is 6.18 Å². The molecule has 3 N–H and O–H groups in total. The average Bonchev–Trinajstić information content (AvgIpc) is 2.95. The molecule has 3 rings (SSSR count). The number of alkyl halides is 3. The van der Waals surface area contributed by atoms with Crippen LogP contribution >= 0.6 is 0 Å². The van der Waals surface area contributed by atoms with E-state index in [-0.39, 0.29) is 5.91 Å². The van der Waals surface area contributed by atoms with E-state index in [1.165, 1.54) is 6.07 Å². The Balaban J connectivity index is 1.67. The fourth-order valence-corrected chi connectivity index (χ4v) is 3.70. The molecule has 28 heavy (non-hydrogen) atoms. The zero-order valence-electron chi connectivity index (χ0n) is 16.0. The van der Waals surface area contributed by atoms with E-state index < -0.39 is 17.8 Å². The number of H-pyrrole nitrogens is 2. The van der Waals surface area contributed by atoms with Crippen LogP contribution < -0.4 is 9.88 Å². The van der Waals surface area contributed by atoms with Gasteiger partial charge in [-0.25, -0.2) is 4.98 Å². The number of pyridine rings is 1. The van der Waals surface area contributed by atoms with Crippen LogP contribution in [0.5, 0.6) is 0 Å². The van der Waals surface area contributed by atoms with Gasteiger partial charge in [0.1, 0.15) is 25.0 Å². The van der Waals surface area contributed by atoms with Crippen LogP contribution in [0.4, 0.5) is 19.0 Å². The Morgan fingerprint density at radius 3 is 2.32 bits per heavy atom. The van der Waals surface area contributed by atoms with Crippen LogP contribution in [0.2, 0.25) is 0 Å². The maximum absolute atomic E-state index is 12.9. The quantitative estimate of drug-likeness (QED) is 0.836. The zero-order chi connectivity index (χ0) is 20.6. The van der Waals surface area contributed by atoms with Crippen molar-refractivity contribution in [2.75, 3.05) is 31.1 Å². The molecule has 1 fully saturated rings. The van der Waals surface area contributed by atoms with Crippen LogP contribution in [0.15, 0.2) is 18.3 Å². The van der Waals surface area contributed by atoms with Crippen LogP contribution in [0, 0.1) is 13.8 Å². The van der Waals surface area contributed by atoms with Gasteiger partial charge in [-0.3, -0.25) is 9.69 Å². The number of amides is 1. The van der Waals surface area contributed by atoms with Gasteiger partial charge < -0.3 is 15.0 Å². The topological polar surface area (TPSA) is 73.7 Å². The number of aliphatic hydroxyl groups is 1. The number of carbonyl (C=O) groups excluding carboxylic acids is 1. The lowest BCUT2D eigenvalue weighted by molar-refractivity contribution is -0.367. The molecule has 0 unspecified atom stereocenters. The number of hydrogen-bond acceptors (Lipinski definition) is 3. The number of nitrogens with zero attached hydrogens (tertiary/aromatic N) is 2. The van der Waals surface area contributed by atoms with Crippen molar-refractivity contribution < 1.29 is 28.1 Å². The van der Waals surface area contributed by atoms with Crippen molar-refractivity contribution >= 4 is 11.7 Å². The second-order valence-electron chi connectivity index (χ2n) is 7.08. The number of anilines is 1. The third-order valence-electron chi connectivity index (χ3n) is 5.16. The summed E-state index contributed by atoms with van der Waals surface area (Å²) in [6.07, 6.45) is -4.09. The summed E-state index contributed by atoms with van der Waals surface area (Å²) in [7, 11) is 0. The molecule has 1 aliphatic heterocycles. The number of nitrogens with one attached hydrogen (secondary N) is 2. The van der Waals surface area contributed by atoms with Crippen molar-refractivity contribution in [3.8, 4) is 0 Å². The molecular formula is C19H24F3N4O2+. The Morgan fingerprint density at radius 2 is 1.86 bits per heavy atom. The largest absolute Gasteiger partial charge is 0.419 e. The average molecular weight is 397 g/mol. The number of aromatic amines is 2. The summed E-state index contributed by atoms with van der Waals surface area (Å²) in [6.45, 7) is 7.23. The van der Waals surface area contributed by atoms with E-state index in [4.69, 9.17) is 0 Å². The first kappa shape index (κ1) is 20.2. The van der Waals surface area contributed by atoms with E-state index in [1.807, 2.05) is 18.7 Å². The molecule has 1 atom stereocenters. The Kier molecular flexibility index (Phi) is 5.38. The molecular weight excluding hydrogens is 373 g/mol. The van der Waals surface area contributed by atoms with Gasteiger partial charge in [0, 0.05) is 17.3 Å².